The molecule has 3 aliphatic heterocycles. The van der Waals surface area contributed by atoms with E-state index in [1.165, 1.54) is 4.90 Å². The van der Waals surface area contributed by atoms with Crippen LogP contribution in [0.1, 0.15) is 68.9 Å². The van der Waals surface area contributed by atoms with Crippen LogP contribution in [0.3, 0.4) is 0 Å². The topological polar surface area (TPSA) is 164 Å². The summed E-state index contributed by atoms with van der Waals surface area (Å²) in [5.74, 6) is -1.13. The molecule has 2 aromatic rings. The number of carbonyl (C=O) groups is 5. The van der Waals surface area contributed by atoms with Crippen molar-refractivity contribution < 1.29 is 33.4 Å². The van der Waals surface area contributed by atoms with E-state index in [4.69, 9.17) is 15.2 Å². The number of nitrogens with zero attached hydrogens (tertiary/aromatic N) is 4. The van der Waals surface area contributed by atoms with Gasteiger partial charge in [0, 0.05) is 19.6 Å². The van der Waals surface area contributed by atoms with Crippen LogP contribution in [0.2, 0.25) is 0 Å². The number of aliphatic imine (C=N–C) groups is 1. The summed E-state index contributed by atoms with van der Waals surface area (Å²) < 4.78 is 10.9. The fraction of sp³-hybridized carbons (Fsp3) is 0.514. The quantitative estimate of drug-likeness (QED) is 0.327. The number of benzene rings is 2. The standard InChI is InChI=1S/C37H46N6O7/c38-35(40-36(47)49-23-25-11-3-1-4-12-25)43-21-9-17-29(33(43)45)39-32(44)30-18-10-20-41(30)34(46)31-28-16-8-7-15-27(28)19-22-42(31)37(48)50-24-26-13-5-2-6-14-26/h1-6,11-14,27-31H,7-10,15-24H2,(H,39,44)(H2,38,40,47)/t27-,28-,29-,30-,31+/m0/s1. The number of carbonyl (C=O) groups excluding carboxylic acids is 5. The predicted molar refractivity (Wildman–Crippen MR) is 183 cm³/mol. The molecule has 13 nitrogen and oxygen atoms in total. The Balaban J connectivity index is 1.10. The Morgan fingerprint density at radius 3 is 2.14 bits per heavy atom. The summed E-state index contributed by atoms with van der Waals surface area (Å²) in [6.07, 6.45) is 5.27. The average Bonchev–Trinajstić information content (AvgIpc) is 3.64. The smallest absolute Gasteiger partial charge is 0.437 e. The third kappa shape index (κ3) is 8.09. The van der Waals surface area contributed by atoms with Gasteiger partial charge in [-0.1, -0.05) is 79.9 Å². The Labute approximate surface area is 292 Å². The summed E-state index contributed by atoms with van der Waals surface area (Å²) in [7, 11) is 0. The minimum absolute atomic E-state index is 0.00582. The van der Waals surface area contributed by atoms with Gasteiger partial charge in [0.1, 0.15) is 31.3 Å². The van der Waals surface area contributed by atoms with Crippen molar-refractivity contribution in [2.75, 3.05) is 19.6 Å². The van der Waals surface area contributed by atoms with E-state index in [9.17, 15) is 24.0 Å². The molecule has 3 heterocycles. The van der Waals surface area contributed by atoms with Gasteiger partial charge in [0.25, 0.3) is 5.91 Å². The van der Waals surface area contributed by atoms with E-state index < -0.39 is 42.1 Å². The molecule has 266 valence electrons. The molecule has 0 radical (unpaired) electrons. The van der Waals surface area contributed by atoms with E-state index >= 15 is 0 Å². The van der Waals surface area contributed by atoms with Gasteiger partial charge in [0.05, 0.1) is 0 Å². The second-order valence-electron chi connectivity index (χ2n) is 13.6. The largest absolute Gasteiger partial charge is 0.445 e. The van der Waals surface area contributed by atoms with Crippen LogP contribution in [0, 0.1) is 11.8 Å². The van der Waals surface area contributed by atoms with Crippen molar-refractivity contribution in [1.29, 1.82) is 0 Å². The maximum Gasteiger partial charge on any atom is 0.437 e. The summed E-state index contributed by atoms with van der Waals surface area (Å²) in [6, 6.07) is 16.1. The molecule has 4 fully saturated rings. The molecule has 2 aromatic carbocycles. The third-order valence-corrected chi connectivity index (χ3v) is 10.4. The highest BCUT2D eigenvalue weighted by Crippen LogP contribution is 2.41. The number of ether oxygens (including phenoxy) is 2. The van der Waals surface area contributed by atoms with Gasteiger partial charge in [0.2, 0.25) is 17.8 Å². The second kappa shape index (κ2) is 16.2. The average molecular weight is 687 g/mol. The Morgan fingerprint density at radius 1 is 0.760 bits per heavy atom. The first-order valence-electron chi connectivity index (χ1n) is 17.7. The molecule has 5 amide bonds. The van der Waals surface area contributed by atoms with Crippen molar-refractivity contribution in [3.63, 3.8) is 0 Å². The molecule has 6 rings (SSSR count). The summed E-state index contributed by atoms with van der Waals surface area (Å²) in [5, 5.41) is 2.86. The lowest BCUT2D eigenvalue weighted by molar-refractivity contribution is -0.147. The molecule has 3 saturated heterocycles. The van der Waals surface area contributed by atoms with Crippen molar-refractivity contribution in [1.82, 2.24) is 20.0 Å². The fourth-order valence-electron chi connectivity index (χ4n) is 7.89. The zero-order valence-electron chi connectivity index (χ0n) is 28.3. The molecule has 3 N–H and O–H groups in total. The Kier molecular flexibility index (Phi) is 11.3. The Morgan fingerprint density at radius 2 is 1.42 bits per heavy atom. The Bertz CT molecular complexity index is 1570. The number of nitrogens with one attached hydrogen (secondary N) is 1. The van der Waals surface area contributed by atoms with Gasteiger partial charge in [-0.05, 0) is 61.5 Å². The lowest BCUT2D eigenvalue weighted by Crippen LogP contribution is -2.62. The number of hydrogen-bond donors (Lipinski definition) is 2. The minimum Gasteiger partial charge on any atom is -0.445 e. The molecule has 50 heavy (non-hydrogen) atoms. The maximum atomic E-state index is 14.4. The number of piperidine rings is 2. The summed E-state index contributed by atoms with van der Waals surface area (Å²) in [6.45, 7) is 1.16. The molecule has 13 heteroatoms. The molecule has 1 aliphatic carbocycles. The SMILES string of the molecule is N/C(=N\C(=O)OCc1ccccc1)N1CCC[C@H](NC(=O)[C@@H]2CCCN2C(=O)[C@H]2[C@H]3CCCC[C@H]3CCN2C(=O)OCc2ccccc2)C1=O. The van der Waals surface area contributed by atoms with Crippen molar-refractivity contribution >= 4 is 35.9 Å². The van der Waals surface area contributed by atoms with Gasteiger partial charge in [0.15, 0.2) is 0 Å². The number of nitrogens with two attached hydrogens (primary N) is 1. The monoisotopic (exact) mass is 686 g/mol. The summed E-state index contributed by atoms with van der Waals surface area (Å²) in [5.41, 5.74) is 7.70. The summed E-state index contributed by atoms with van der Waals surface area (Å²) in [4.78, 5) is 75.6. The zero-order chi connectivity index (χ0) is 35.0. The van der Waals surface area contributed by atoms with Crippen molar-refractivity contribution in [2.24, 2.45) is 22.6 Å². The lowest BCUT2D eigenvalue weighted by atomic mass is 9.70. The van der Waals surface area contributed by atoms with Crippen LogP contribution in [0.15, 0.2) is 65.7 Å². The van der Waals surface area contributed by atoms with Gasteiger partial charge >= 0.3 is 12.2 Å². The molecule has 1 saturated carbocycles. The van der Waals surface area contributed by atoms with E-state index in [1.807, 2.05) is 48.5 Å². The van der Waals surface area contributed by atoms with Crippen LogP contribution >= 0.6 is 0 Å². The van der Waals surface area contributed by atoms with Crippen LogP contribution in [0.4, 0.5) is 9.59 Å². The molecule has 4 aliphatic rings. The van der Waals surface area contributed by atoms with Gasteiger partial charge in [-0.15, -0.1) is 4.99 Å². The van der Waals surface area contributed by atoms with Crippen molar-refractivity contribution in [3.8, 4) is 0 Å². The number of amides is 5. The predicted octanol–water partition coefficient (Wildman–Crippen LogP) is 3.95. The van der Waals surface area contributed by atoms with E-state index in [1.54, 1.807) is 21.9 Å². The molecular formula is C37H46N6O7. The molecule has 0 aromatic heterocycles. The first-order chi connectivity index (χ1) is 24.3. The first-order valence-corrected chi connectivity index (χ1v) is 17.7. The highest BCUT2D eigenvalue weighted by molar-refractivity contribution is 6.03. The fourth-order valence-corrected chi connectivity index (χ4v) is 7.89. The van der Waals surface area contributed by atoms with Crippen molar-refractivity contribution in [2.45, 2.75) is 89.1 Å². The molecule has 5 atom stereocenters. The number of guanidine groups is 1. The number of likely N-dealkylation sites (tertiary alicyclic amines) is 3. The first kappa shape index (κ1) is 34.9. The second-order valence-corrected chi connectivity index (χ2v) is 13.6. The van der Waals surface area contributed by atoms with Crippen LogP contribution in [0.5, 0.6) is 0 Å². The number of rotatable bonds is 7. The van der Waals surface area contributed by atoms with E-state index in [-0.39, 0.29) is 37.5 Å². The van der Waals surface area contributed by atoms with Gasteiger partial charge < -0.3 is 25.4 Å². The third-order valence-electron chi connectivity index (χ3n) is 10.4. The minimum atomic E-state index is -0.925. The molecule has 0 bridgehead atoms. The van der Waals surface area contributed by atoms with E-state index in [0.29, 0.717) is 44.7 Å². The molecule has 0 unspecified atom stereocenters. The zero-order valence-corrected chi connectivity index (χ0v) is 28.3. The maximum absolute atomic E-state index is 14.4. The normalized spacial score (nSPS) is 25.4. The number of hydrogen-bond acceptors (Lipinski definition) is 7. The van der Waals surface area contributed by atoms with Crippen LogP contribution in [-0.4, -0.2) is 88.3 Å². The lowest BCUT2D eigenvalue weighted by Gasteiger charge is -2.47. The van der Waals surface area contributed by atoms with Crippen LogP contribution in [-0.2, 0) is 37.1 Å². The van der Waals surface area contributed by atoms with E-state index in [2.05, 4.69) is 10.3 Å². The highest BCUT2D eigenvalue weighted by atomic mass is 16.6. The van der Waals surface area contributed by atoms with Crippen LogP contribution in [0.25, 0.3) is 0 Å². The van der Waals surface area contributed by atoms with Gasteiger partial charge in [-0.3, -0.25) is 24.2 Å². The molecule has 0 spiro atoms. The summed E-state index contributed by atoms with van der Waals surface area (Å²) >= 11 is 0. The Hall–Kier alpha value is -4.94. The molecular weight excluding hydrogens is 640 g/mol. The van der Waals surface area contributed by atoms with Gasteiger partial charge in [-0.25, -0.2) is 9.59 Å². The highest BCUT2D eigenvalue weighted by Gasteiger charge is 2.49. The van der Waals surface area contributed by atoms with Crippen molar-refractivity contribution in [3.05, 3.63) is 71.8 Å². The number of fused-ring (bicyclic) bond motifs is 1. The van der Waals surface area contributed by atoms with E-state index in [0.717, 1.165) is 43.2 Å². The van der Waals surface area contributed by atoms with Gasteiger partial charge in [-0.2, -0.15) is 0 Å². The van der Waals surface area contributed by atoms with Crippen LogP contribution < -0.4 is 11.1 Å².